The van der Waals surface area contributed by atoms with Gasteiger partial charge in [-0.15, -0.1) is 0 Å². The van der Waals surface area contributed by atoms with E-state index in [1.807, 2.05) is 20.8 Å². The summed E-state index contributed by atoms with van der Waals surface area (Å²) in [6.07, 6.45) is -2.34. The minimum absolute atomic E-state index is 0.374. The fourth-order valence-corrected chi connectivity index (χ4v) is 2.14. The fraction of sp³-hybridized carbons (Fsp3) is 1.00. The van der Waals surface area contributed by atoms with E-state index in [0.29, 0.717) is 25.8 Å². The molecule has 1 N–H and O–H groups in total. The standard InChI is InChI=1S/C12H24F3NO/c1-4-7-11(17)10(6-3)16(8-5-2)9-12(13,14)15/h10-11,17H,4-9H2,1-3H3. The SMILES string of the molecule is CCCC(O)C(CC)N(CCC)CC(F)(F)F. The molecule has 2 atom stereocenters. The van der Waals surface area contributed by atoms with E-state index in [1.54, 1.807) is 0 Å². The van der Waals surface area contributed by atoms with Crippen molar-refractivity contribution in [2.24, 2.45) is 0 Å². The molecule has 0 saturated heterocycles. The molecular formula is C12H24F3NO. The van der Waals surface area contributed by atoms with Crippen LogP contribution in [0.15, 0.2) is 0 Å². The first-order valence-electron chi connectivity index (χ1n) is 6.34. The summed E-state index contributed by atoms with van der Waals surface area (Å²) in [5.74, 6) is 0. The summed E-state index contributed by atoms with van der Waals surface area (Å²) in [6.45, 7) is 5.04. The second-order valence-electron chi connectivity index (χ2n) is 4.42. The maximum absolute atomic E-state index is 12.5. The van der Waals surface area contributed by atoms with Crippen LogP contribution in [0.1, 0.15) is 46.5 Å². The Kier molecular flexibility index (Phi) is 7.79. The largest absolute Gasteiger partial charge is 0.401 e. The molecular weight excluding hydrogens is 231 g/mol. The minimum Gasteiger partial charge on any atom is -0.391 e. The monoisotopic (exact) mass is 255 g/mol. The molecule has 0 fully saturated rings. The Morgan fingerprint density at radius 1 is 1.12 bits per heavy atom. The van der Waals surface area contributed by atoms with Crippen LogP contribution in [0.2, 0.25) is 0 Å². The third kappa shape index (κ3) is 6.88. The highest BCUT2D eigenvalue weighted by molar-refractivity contribution is 4.79. The summed E-state index contributed by atoms with van der Waals surface area (Å²) in [5.41, 5.74) is 0. The molecule has 0 saturated carbocycles. The lowest BCUT2D eigenvalue weighted by molar-refractivity contribution is -0.156. The highest BCUT2D eigenvalue weighted by Gasteiger charge is 2.34. The maximum Gasteiger partial charge on any atom is 0.401 e. The normalized spacial score (nSPS) is 16.2. The van der Waals surface area contributed by atoms with Crippen LogP contribution in [-0.4, -0.2) is 41.4 Å². The van der Waals surface area contributed by atoms with E-state index in [4.69, 9.17) is 0 Å². The number of aliphatic hydroxyl groups excluding tert-OH is 1. The van der Waals surface area contributed by atoms with Crippen molar-refractivity contribution in [1.82, 2.24) is 4.90 Å². The summed E-state index contributed by atoms with van der Waals surface area (Å²) in [7, 11) is 0. The van der Waals surface area contributed by atoms with Crippen LogP contribution in [0, 0.1) is 0 Å². The number of halogens is 3. The zero-order chi connectivity index (χ0) is 13.5. The van der Waals surface area contributed by atoms with Crippen LogP contribution in [-0.2, 0) is 0 Å². The molecule has 0 heterocycles. The van der Waals surface area contributed by atoms with Crippen LogP contribution >= 0.6 is 0 Å². The Morgan fingerprint density at radius 2 is 1.71 bits per heavy atom. The minimum atomic E-state index is -4.20. The summed E-state index contributed by atoms with van der Waals surface area (Å²) in [6, 6.07) is -0.392. The van der Waals surface area contributed by atoms with Gasteiger partial charge < -0.3 is 5.11 Å². The smallest absolute Gasteiger partial charge is 0.391 e. The van der Waals surface area contributed by atoms with Gasteiger partial charge in [0.15, 0.2) is 0 Å². The van der Waals surface area contributed by atoms with Gasteiger partial charge in [0.05, 0.1) is 12.6 Å². The molecule has 0 radical (unpaired) electrons. The average Bonchev–Trinajstić information content (AvgIpc) is 2.17. The van der Waals surface area contributed by atoms with Crippen molar-refractivity contribution < 1.29 is 18.3 Å². The number of nitrogens with zero attached hydrogens (tertiary/aromatic N) is 1. The molecule has 0 aliphatic rings. The van der Waals surface area contributed by atoms with Crippen molar-refractivity contribution in [3.05, 3.63) is 0 Å². The molecule has 0 amide bonds. The molecule has 2 unspecified atom stereocenters. The summed E-state index contributed by atoms with van der Waals surface area (Å²) in [4.78, 5) is 1.36. The Balaban J connectivity index is 4.61. The van der Waals surface area contributed by atoms with E-state index in [2.05, 4.69) is 0 Å². The van der Waals surface area contributed by atoms with Gasteiger partial charge in [0.25, 0.3) is 0 Å². The average molecular weight is 255 g/mol. The Morgan fingerprint density at radius 3 is 2.06 bits per heavy atom. The lowest BCUT2D eigenvalue weighted by atomic mass is 10.0. The van der Waals surface area contributed by atoms with Crippen LogP contribution < -0.4 is 0 Å². The highest BCUT2D eigenvalue weighted by atomic mass is 19.4. The number of alkyl halides is 3. The fourth-order valence-electron chi connectivity index (χ4n) is 2.14. The molecule has 104 valence electrons. The topological polar surface area (TPSA) is 23.5 Å². The second-order valence-corrected chi connectivity index (χ2v) is 4.42. The van der Waals surface area contributed by atoms with Crippen molar-refractivity contribution in [2.45, 2.75) is 64.8 Å². The van der Waals surface area contributed by atoms with Gasteiger partial charge in [-0.2, -0.15) is 13.2 Å². The van der Waals surface area contributed by atoms with E-state index in [-0.39, 0.29) is 0 Å². The third-order valence-electron chi connectivity index (χ3n) is 2.81. The van der Waals surface area contributed by atoms with Crippen LogP contribution in [0.25, 0.3) is 0 Å². The van der Waals surface area contributed by atoms with Crippen molar-refractivity contribution in [3.8, 4) is 0 Å². The number of hydrogen-bond donors (Lipinski definition) is 1. The first kappa shape index (κ1) is 16.7. The Hall–Kier alpha value is -0.290. The van der Waals surface area contributed by atoms with E-state index < -0.39 is 24.9 Å². The predicted molar refractivity (Wildman–Crippen MR) is 62.9 cm³/mol. The zero-order valence-corrected chi connectivity index (χ0v) is 10.9. The molecule has 0 aliphatic heterocycles. The molecule has 0 rings (SSSR count). The van der Waals surface area contributed by atoms with Crippen molar-refractivity contribution in [3.63, 3.8) is 0 Å². The third-order valence-corrected chi connectivity index (χ3v) is 2.81. The molecule has 17 heavy (non-hydrogen) atoms. The predicted octanol–water partition coefficient (Wildman–Crippen LogP) is 3.20. The van der Waals surface area contributed by atoms with Gasteiger partial charge in [-0.25, -0.2) is 0 Å². The Labute approximate surface area is 102 Å². The van der Waals surface area contributed by atoms with Crippen molar-refractivity contribution in [2.75, 3.05) is 13.1 Å². The van der Waals surface area contributed by atoms with Gasteiger partial charge in [-0.3, -0.25) is 4.90 Å². The van der Waals surface area contributed by atoms with E-state index >= 15 is 0 Å². The van der Waals surface area contributed by atoms with Crippen LogP contribution in [0.4, 0.5) is 13.2 Å². The first-order valence-corrected chi connectivity index (χ1v) is 6.34. The van der Waals surface area contributed by atoms with Gasteiger partial charge in [-0.1, -0.05) is 27.2 Å². The highest BCUT2D eigenvalue weighted by Crippen LogP contribution is 2.21. The van der Waals surface area contributed by atoms with Gasteiger partial charge in [-0.05, 0) is 25.8 Å². The second kappa shape index (κ2) is 7.93. The van der Waals surface area contributed by atoms with Gasteiger partial charge in [0, 0.05) is 6.04 Å². The van der Waals surface area contributed by atoms with Crippen LogP contribution in [0.3, 0.4) is 0 Å². The summed E-state index contributed by atoms with van der Waals surface area (Å²) < 4.78 is 37.4. The van der Waals surface area contributed by atoms with E-state index in [0.717, 1.165) is 6.42 Å². The first-order chi connectivity index (χ1) is 7.85. The molecule has 0 aromatic carbocycles. The molecule has 0 aliphatic carbocycles. The summed E-state index contributed by atoms with van der Waals surface area (Å²) in [5, 5.41) is 9.89. The molecule has 5 heteroatoms. The van der Waals surface area contributed by atoms with Crippen molar-refractivity contribution in [1.29, 1.82) is 0 Å². The lowest BCUT2D eigenvalue weighted by Gasteiger charge is -2.34. The number of rotatable bonds is 8. The number of hydrogen-bond acceptors (Lipinski definition) is 2. The number of aliphatic hydroxyl groups is 1. The lowest BCUT2D eigenvalue weighted by Crippen LogP contribution is -2.47. The molecule has 0 aromatic rings. The Bertz CT molecular complexity index is 197. The maximum atomic E-state index is 12.5. The molecule has 2 nitrogen and oxygen atoms in total. The quantitative estimate of drug-likeness (QED) is 0.720. The van der Waals surface area contributed by atoms with Crippen LogP contribution in [0.5, 0.6) is 0 Å². The van der Waals surface area contributed by atoms with E-state index in [9.17, 15) is 18.3 Å². The molecule has 0 aromatic heterocycles. The zero-order valence-electron chi connectivity index (χ0n) is 10.9. The molecule has 0 bridgehead atoms. The van der Waals surface area contributed by atoms with E-state index in [1.165, 1.54) is 4.90 Å². The van der Waals surface area contributed by atoms with Crippen molar-refractivity contribution >= 4 is 0 Å². The van der Waals surface area contributed by atoms with Gasteiger partial charge in [0.1, 0.15) is 0 Å². The molecule has 0 spiro atoms. The van der Waals surface area contributed by atoms with Gasteiger partial charge >= 0.3 is 6.18 Å². The van der Waals surface area contributed by atoms with Gasteiger partial charge in [0.2, 0.25) is 0 Å². The summed E-state index contributed by atoms with van der Waals surface area (Å²) >= 11 is 0.